The molecule has 6 rings (SSSR count). The predicted octanol–water partition coefficient (Wildman–Crippen LogP) is 5.36. The van der Waals surface area contributed by atoms with Crippen molar-refractivity contribution in [1.82, 2.24) is 0 Å². The van der Waals surface area contributed by atoms with Crippen LogP contribution in [0.15, 0.2) is 54.6 Å². The first-order chi connectivity index (χ1) is 17.0. The number of unbranched alkanes of at least 4 members (excludes halogenated alkanes) is 2. The minimum absolute atomic E-state index is 0.0820. The first-order valence-corrected chi connectivity index (χ1v) is 12.3. The second-order valence-corrected chi connectivity index (χ2v) is 9.70. The van der Waals surface area contributed by atoms with Crippen LogP contribution in [0.5, 0.6) is 17.2 Å². The third kappa shape index (κ3) is 3.19. The monoisotopic (exact) mass is 470 g/mol. The molecule has 3 aliphatic heterocycles. The molecule has 0 fully saturated rings. The van der Waals surface area contributed by atoms with Crippen LogP contribution in [-0.2, 0) is 10.2 Å². The predicted molar refractivity (Wildman–Crippen MR) is 137 cm³/mol. The molecule has 3 aromatic carbocycles. The van der Waals surface area contributed by atoms with Crippen molar-refractivity contribution in [2.45, 2.75) is 31.6 Å². The summed E-state index contributed by atoms with van der Waals surface area (Å²) in [6.07, 6.45) is 3.16. The maximum Gasteiger partial charge on any atom is 0.245 e. The molecule has 1 spiro atoms. The summed E-state index contributed by atoms with van der Waals surface area (Å²) in [5, 5.41) is 0. The number of carbonyl (C=O) groups excluding carboxylic acids is 1. The van der Waals surface area contributed by atoms with Crippen molar-refractivity contribution in [2.24, 2.45) is 0 Å². The molecule has 3 heterocycles. The Bertz CT molecular complexity index is 1300. The van der Waals surface area contributed by atoms with E-state index in [2.05, 4.69) is 54.3 Å². The maximum absolute atomic E-state index is 14.3. The zero-order valence-corrected chi connectivity index (χ0v) is 20.5. The second-order valence-electron chi connectivity index (χ2n) is 9.70. The minimum atomic E-state index is -0.908. The van der Waals surface area contributed by atoms with E-state index in [1.54, 1.807) is 0 Å². The molecule has 6 heteroatoms. The fraction of sp³-hybridized carbons (Fsp3) is 0.345. The topological polar surface area (TPSA) is 51.2 Å². The molecule has 0 bridgehead atoms. The standard InChI is InChI=1S/C29H30N2O4/c1-4-5-6-14-31-23-9-7-8-21(19-10-12-20(13-11-19)30(2)3)27(23)29(28(31)32)17-33-24-16-26-25(15-22(24)29)34-18-35-26/h7-13,15-16H,4-6,14,17-18H2,1-3H3. The van der Waals surface area contributed by atoms with Crippen molar-refractivity contribution in [3.8, 4) is 28.4 Å². The van der Waals surface area contributed by atoms with E-state index >= 15 is 0 Å². The third-order valence-corrected chi connectivity index (χ3v) is 7.43. The maximum atomic E-state index is 14.3. The molecule has 0 N–H and O–H groups in total. The Labute approximate surface area is 206 Å². The van der Waals surface area contributed by atoms with E-state index in [-0.39, 0.29) is 19.3 Å². The summed E-state index contributed by atoms with van der Waals surface area (Å²) in [4.78, 5) is 18.4. The van der Waals surface area contributed by atoms with Crippen LogP contribution in [0.1, 0.15) is 37.3 Å². The van der Waals surface area contributed by atoms with Crippen LogP contribution in [-0.4, -0.2) is 39.9 Å². The highest BCUT2D eigenvalue weighted by atomic mass is 16.7. The number of benzene rings is 3. The highest BCUT2D eigenvalue weighted by molar-refractivity contribution is 6.13. The number of nitrogens with zero attached hydrogens (tertiary/aromatic N) is 2. The Morgan fingerprint density at radius 2 is 1.71 bits per heavy atom. The van der Waals surface area contributed by atoms with Gasteiger partial charge in [-0.3, -0.25) is 4.79 Å². The van der Waals surface area contributed by atoms with Crippen LogP contribution < -0.4 is 24.0 Å². The van der Waals surface area contributed by atoms with Gasteiger partial charge in [-0.25, -0.2) is 0 Å². The minimum Gasteiger partial charge on any atom is -0.491 e. The van der Waals surface area contributed by atoms with E-state index in [0.29, 0.717) is 23.8 Å². The number of amides is 1. The molecular weight excluding hydrogens is 440 g/mol. The number of anilines is 2. The quantitative estimate of drug-likeness (QED) is 0.454. The van der Waals surface area contributed by atoms with E-state index in [1.165, 1.54) is 0 Å². The molecule has 180 valence electrons. The summed E-state index contributed by atoms with van der Waals surface area (Å²) in [7, 11) is 4.07. The first-order valence-electron chi connectivity index (χ1n) is 12.3. The van der Waals surface area contributed by atoms with Gasteiger partial charge in [0.2, 0.25) is 12.7 Å². The average Bonchev–Trinajstić information content (AvgIpc) is 3.55. The lowest BCUT2D eigenvalue weighted by atomic mass is 9.74. The molecular formula is C29H30N2O4. The molecule has 1 amide bonds. The molecule has 3 aliphatic rings. The lowest BCUT2D eigenvalue weighted by Crippen LogP contribution is -2.43. The Morgan fingerprint density at radius 1 is 0.943 bits per heavy atom. The normalized spacial score (nSPS) is 19.2. The van der Waals surface area contributed by atoms with E-state index in [1.807, 2.05) is 31.1 Å². The van der Waals surface area contributed by atoms with Crippen LogP contribution in [0.3, 0.4) is 0 Å². The Morgan fingerprint density at radius 3 is 2.46 bits per heavy atom. The summed E-state index contributed by atoms with van der Waals surface area (Å²) in [5.74, 6) is 2.11. The number of hydrogen-bond acceptors (Lipinski definition) is 5. The van der Waals surface area contributed by atoms with Crippen molar-refractivity contribution in [1.29, 1.82) is 0 Å². The summed E-state index contributed by atoms with van der Waals surface area (Å²) in [5.41, 5.74) is 5.25. The second kappa shape index (κ2) is 8.22. The number of ether oxygens (including phenoxy) is 3. The molecule has 0 aromatic heterocycles. The average molecular weight is 471 g/mol. The zero-order chi connectivity index (χ0) is 24.2. The molecule has 0 saturated heterocycles. The van der Waals surface area contributed by atoms with Gasteiger partial charge in [-0.15, -0.1) is 0 Å². The number of hydrogen-bond donors (Lipinski definition) is 0. The highest BCUT2D eigenvalue weighted by Crippen LogP contribution is 2.57. The van der Waals surface area contributed by atoms with Gasteiger partial charge in [-0.05, 0) is 41.8 Å². The van der Waals surface area contributed by atoms with Gasteiger partial charge in [0.15, 0.2) is 11.5 Å². The molecule has 0 radical (unpaired) electrons. The van der Waals surface area contributed by atoms with Crippen LogP contribution in [0.2, 0.25) is 0 Å². The van der Waals surface area contributed by atoms with Crippen molar-refractivity contribution in [2.75, 3.05) is 43.8 Å². The summed E-state index contributed by atoms with van der Waals surface area (Å²) >= 11 is 0. The van der Waals surface area contributed by atoms with Gasteiger partial charge in [-0.1, -0.05) is 44.0 Å². The van der Waals surface area contributed by atoms with Crippen LogP contribution in [0.25, 0.3) is 11.1 Å². The Kier molecular flexibility index (Phi) is 5.13. The van der Waals surface area contributed by atoms with E-state index in [4.69, 9.17) is 14.2 Å². The number of carbonyl (C=O) groups is 1. The summed E-state index contributed by atoms with van der Waals surface area (Å²) < 4.78 is 17.5. The zero-order valence-electron chi connectivity index (χ0n) is 20.5. The Balaban J connectivity index is 1.55. The molecule has 35 heavy (non-hydrogen) atoms. The van der Waals surface area contributed by atoms with Gasteiger partial charge < -0.3 is 24.0 Å². The molecule has 3 aromatic rings. The SMILES string of the molecule is CCCCCN1C(=O)C2(COc3cc4c(cc32)OCO4)c2c(-c3ccc(N(C)C)cc3)cccc21. The van der Waals surface area contributed by atoms with Crippen LogP contribution >= 0.6 is 0 Å². The van der Waals surface area contributed by atoms with E-state index in [9.17, 15) is 4.79 Å². The van der Waals surface area contributed by atoms with Gasteiger partial charge in [0.25, 0.3) is 0 Å². The highest BCUT2D eigenvalue weighted by Gasteiger charge is 2.58. The van der Waals surface area contributed by atoms with Gasteiger partial charge in [0.05, 0.1) is 0 Å². The van der Waals surface area contributed by atoms with Crippen molar-refractivity contribution < 1.29 is 19.0 Å². The Hall–Kier alpha value is -3.67. The molecule has 6 nitrogen and oxygen atoms in total. The smallest absolute Gasteiger partial charge is 0.245 e. The van der Waals surface area contributed by atoms with Gasteiger partial charge >= 0.3 is 0 Å². The number of rotatable bonds is 6. The van der Waals surface area contributed by atoms with Gasteiger partial charge in [0.1, 0.15) is 17.8 Å². The van der Waals surface area contributed by atoms with Gasteiger partial charge in [-0.2, -0.15) is 0 Å². The fourth-order valence-electron chi connectivity index (χ4n) is 5.61. The van der Waals surface area contributed by atoms with E-state index < -0.39 is 5.41 Å². The molecule has 0 aliphatic carbocycles. The van der Waals surface area contributed by atoms with Crippen LogP contribution in [0, 0.1) is 0 Å². The molecule has 1 atom stereocenters. The van der Waals surface area contributed by atoms with E-state index in [0.717, 1.165) is 52.9 Å². The first kappa shape index (κ1) is 21.8. The van der Waals surface area contributed by atoms with Crippen molar-refractivity contribution in [3.05, 3.63) is 65.7 Å². The largest absolute Gasteiger partial charge is 0.491 e. The fourth-order valence-corrected chi connectivity index (χ4v) is 5.61. The lowest BCUT2D eigenvalue weighted by molar-refractivity contribution is -0.122. The van der Waals surface area contributed by atoms with Gasteiger partial charge in [0, 0.05) is 49.2 Å². The van der Waals surface area contributed by atoms with Crippen LogP contribution in [0.4, 0.5) is 11.4 Å². The molecule has 1 unspecified atom stereocenters. The number of fused-ring (bicyclic) bond motifs is 5. The van der Waals surface area contributed by atoms with Crippen molar-refractivity contribution in [3.63, 3.8) is 0 Å². The molecule has 0 saturated carbocycles. The lowest BCUT2D eigenvalue weighted by Gasteiger charge is -2.24. The summed E-state index contributed by atoms with van der Waals surface area (Å²) in [6.45, 7) is 3.33. The third-order valence-electron chi connectivity index (χ3n) is 7.43. The summed E-state index contributed by atoms with van der Waals surface area (Å²) in [6, 6.07) is 18.6. The van der Waals surface area contributed by atoms with Crippen molar-refractivity contribution >= 4 is 17.3 Å².